The number of fused-ring (bicyclic) bond motifs is 12. The SMILES string of the molecule is c1csc(C2=[N+]3C(=Nc4c5ccccc5c(-c5cccs5)n4[C@H]3N[C@H]3n4c(c5ccccc5c4-c4cccs4)N=C4c5ccccc5C(c5cccs5)=[N+]43)c3ccccc32)c1. The van der Waals surface area contributed by atoms with E-state index in [1.807, 2.05) is 0 Å². The summed E-state index contributed by atoms with van der Waals surface area (Å²) >= 11 is 7.08. The number of aromatic nitrogens is 2. The number of hydrogen-bond acceptors (Lipinski definition) is 7. The molecular formula is C50H31N7S4+2. The number of thiophene rings is 4. The molecule has 10 heterocycles. The van der Waals surface area contributed by atoms with Crippen LogP contribution in [0.4, 0.5) is 11.6 Å². The number of nitrogens with one attached hydrogen (secondary N) is 1. The van der Waals surface area contributed by atoms with Crippen molar-refractivity contribution in [2.45, 2.75) is 12.6 Å². The molecule has 0 saturated heterocycles. The lowest BCUT2D eigenvalue weighted by Crippen LogP contribution is -2.50. The van der Waals surface area contributed by atoms with Crippen molar-refractivity contribution in [3.63, 3.8) is 0 Å². The smallest absolute Gasteiger partial charge is 0.249 e. The van der Waals surface area contributed by atoms with Crippen molar-refractivity contribution < 1.29 is 9.15 Å². The molecule has 0 fully saturated rings. The Morgan fingerprint density at radius 3 is 1.15 bits per heavy atom. The van der Waals surface area contributed by atoms with Gasteiger partial charge in [-0.3, -0.25) is 0 Å². The van der Waals surface area contributed by atoms with Crippen molar-refractivity contribution in [1.29, 1.82) is 0 Å². The zero-order chi connectivity index (χ0) is 39.8. The number of hydrogen-bond donors (Lipinski definition) is 1. The summed E-state index contributed by atoms with van der Waals surface area (Å²) < 4.78 is 9.92. The topological polar surface area (TPSA) is 52.6 Å². The fraction of sp³-hybridized carbons (Fsp3) is 0.0400. The van der Waals surface area contributed by atoms with Crippen LogP contribution in [0.5, 0.6) is 0 Å². The molecule has 288 valence electrons. The molecule has 2 atom stereocenters. The van der Waals surface area contributed by atoms with Gasteiger partial charge in [-0.1, -0.05) is 84.9 Å². The Hall–Kier alpha value is -6.60. The molecule has 10 aromatic rings. The summed E-state index contributed by atoms with van der Waals surface area (Å²) in [6.07, 6.45) is -0.882. The number of nitrogens with zero attached hydrogens (tertiary/aromatic N) is 6. The second-order valence-electron chi connectivity index (χ2n) is 15.4. The third-order valence-corrected chi connectivity index (χ3v) is 15.8. The van der Waals surface area contributed by atoms with E-state index < -0.39 is 12.6 Å². The van der Waals surface area contributed by atoms with Gasteiger partial charge in [0.2, 0.25) is 12.6 Å². The van der Waals surface area contributed by atoms with E-state index in [9.17, 15) is 0 Å². The first-order valence-electron chi connectivity index (χ1n) is 20.2. The third kappa shape index (κ3) is 4.69. The lowest BCUT2D eigenvalue weighted by Gasteiger charge is -2.32. The van der Waals surface area contributed by atoms with Crippen molar-refractivity contribution in [3.8, 4) is 21.1 Å². The first-order valence-corrected chi connectivity index (χ1v) is 23.7. The highest BCUT2D eigenvalue weighted by atomic mass is 32.1. The molecule has 1 N–H and O–H groups in total. The molecule has 4 aromatic carbocycles. The van der Waals surface area contributed by atoms with Gasteiger partial charge in [0, 0.05) is 21.9 Å². The van der Waals surface area contributed by atoms with E-state index in [2.05, 4.69) is 191 Å². The van der Waals surface area contributed by atoms with E-state index in [4.69, 9.17) is 9.98 Å². The van der Waals surface area contributed by atoms with E-state index in [1.54, 1.807) is 45.3 Å². The Morgan fingerprint density at radius 2 is 0.754 bits per heavy atom. The lowest BCUT2D eigenvalue weighted by atomic mass is 10.0. The first-order chi connectivity index (χ1) is 30.3. The van der Waals surface area contributed by atoms with E-state index in [-0.39, 0.29) is 0 Å². The highest BCUT2D eigenvalue weighted by molar-refractivity contribution is 7.14. The predicted molar refractivity (Wildman–Crippen MR) is 253 cm³/mol. The summed E-state index contributed by atoms with van der Waals surface area (Å²) in [4.78, 5) is 16.2. The zero-order valence-electron chi connectivity index (χ0n) is 32.1. The fourth-order valence-corrected chi connectivity index (χ4v) is 13.1. The molecule has 61 heavy (non-hydrogen) atoms. The Kier molecular flexibility index (Phi) is 7.25. The zero-order valence-corrected chi connectivity index (χ0v) is 35.4. The predicted octanol–water partition coefficient (Wildman–Crippen LogP) is 12.3. The van der Waals surface area contributed by atoms with Crippen molar-refractivity contribution in [1.82, 2.24) is 14.5 Å². The lowest BCUT2D eigenvalue weighted by molar-refractivity contribution is -0.541. The quantitative estimate of drug-likeness (QED) is 0.166. The Bertz CT molecular complexity index is 3320. The van der Waals surface area contributed by atoms with Gasteiger partial charge >= 0.3 is 11.7 Å². The van der Waals surface area contributed by atoms with E-state index in [0.29, 0.717) is 0 Å². The maximum Gasteiger partial charge on any atom is 0.337 e. The molecule has 4 aliphatic rings. The summed E-state index contributed by atoms with van der Waals surface area (Å²) in [7, 11) is 0. The fourth-order valence-electron chi connectivity index (χ4n) is 9.93. The molecule has 4 aliphatic heterocycles. The van der Waals surface area contributed by atoms with Crippen LogP contribution >= 0.6 is 45.3 Å². The first kappa shape index (κ1) is 34.1. The molecule has 0 spiro atoms. The van der Waals surface area contributed by atoms with Gasteiger partial charge < -0.3 is 0 Å². The number of aliphatic imine (C=N–C) groups is 2. The molecule has 0 aliphatic carbocycles. The maximum absolute atomic E-state index is 5.71. The van der Waals surface area contributed by atoms with Gasteiger partial charge in [-0.2, -0.15) is 9.15 Å². The minimum absolute atomic E-state index is 0.441. The van der Waals surface area contributed by atoms with E-state index in [1.165, 1.54) is 41.4 Å². The standard InChI is InChI=1S/C50H31N7S4/c1-5-17-33-29(13-1)41(37-21-9-25-58-37)54-45(33)51-46-34-18-6-2-14-30(34)42(38-22-10-26-59-38)55(46)49(54)53-50-56-43(39-23-11-27-60-39)31-15-3-7-19-35(31)47(56)52-48-36-20-8-4-16-32(36)44(57(48)50)40-24-12-28-61-40/h1-28,49-50,53H/q+2. The molecule has 7 nitrogen and oxygen atoms in total. The van der Waals surface area contributed by atoms with Gasteiger partial charge in [0.15, 0.2) is 11.4 Å². The van der Waals surface area contributed by atoms with Gasteiger partial charge in [0.1, 0.15) is 0 Å². The van der Waals surface area contributed by atoms with Crippen LogP contribution in [-0.4, -0.2) is 41.4 Å². The molecule has 0 bridgehead atoms. The van der Waals surface area contributed by atoms with Crippen molar-refractivity contribution >= 4 is 102 Å². The Morgan fingerprint density at radius 1 is 0.393 bits per heavy atom. The van der Waals surface area contributed by atoms with Gasteiger partial charge in [0.25, 0.3) is 11.6 Å². The van der Waals surface area contributed by atoms with Crippen LogP contribution < -0.4 is 5.32 Å². The molecule has 0 saturated carbocycles. The van der Waals surface area contributed by atoms with Crippen molar-refractivity contribution in [3.05, 3.63) is 199 Å². The van der Waals surface area contributed by atoms with E-state index >= 15 is 0 Å². The minimum Gasteiger partial charge on any atom is -0.249 e. The van der Waals surface area contributed by atoms with Crippen molar-refractivity contribution in [2.24, 2.45) is 9.98 Å². The van der Waals surface area contributed by atoms with Crippen LogP contribution in [0, 0.1) is 0 Å². The van der Waals surface area contributed by atoms with Crippen LogP contribution in [0.3, 0.4) is 0 Å². The summed E-state index contributed by atoms with van der Waals surface area (Å²) in [5.41, 5.74) is 9.21. The summed E-state index contributed by atoms with van der Waals surface area (Å²) in [5, 5.41) is 17.8. The summed E-state index contributed by atoms with van der Waals surface area (Å²) in [5.74, 6) is 3.77. The number of rotatable bonds is 6. The largest absolute Gasteiger partial charge is 0.337 e. The highest BCUT2D eigenvalue weighted by Crippen LogP contribution is 2.50. The molecule has 11 heteroatoms. The average Bonchev–Trinajstić information content (AvgIpc) is 4.15. The monoisotopic (exact) mass is 857 g/mol. The van der Waals surface area contributed by atoms with Gasteiger partial charge in [-0.05, 0) is 92.2 Å². The van der Waals surface area contributed by atoms with Crippen LogP contribution in [-0.2, 0) is 0 Å². The molecular weight excluding hydrogens is 827 g/mol. The number of benzene rings is 4. The Balaban J connectivity index is 1.13. The third-order valence-electron chi connectivity index (χ3n) is 12.3. The molecule has 0 radical (unpaired) electrons. The molecule has 0 unspecified atom stereocenters. The minimum atomic E-state index is -0.441. The van der Waals surface area contributed by atoms with E-state index in [0.717, 1.165) is 68.0 Å². The second kappa shape index (κ2) is 13.0. The normalized spacial score (nSPS) is 17.3. The van der Waals surface area contributed by atoms with Crippen LogP contribution in [0.2, 0.25) is 0 Å². The average molecular weight is 858 g/mol. The Labute approximate surface area is 365 Å². The van der Waals surface area contributed by atoms with Crippen molar-refractivity contribution in [2.75, 3.05) is 0 Å². The molecule has 0 amide bonds. The highest BCUT2D eigenvalue weighted by Gasteiger charge is 2.52. The summed E-state index contributed by atoms with van der Waals surface area (Å²) in [6.45, 7) is 0. The van der Waals surface area contributed by atoms with Gasteiger partial charge in [-0.15, -0.1) is 45.3 Å². The van der Waals surface area contributed by atoms with Crippen LogP contribution in [0.25, 0.3) is 42.7 Å². The molecule has 6 aromatic heterocycles. The second-order valence-corrected chi connectivity index (χ2v) is 19.2. The summed E-state index contributed by atoms with van der Waals surface area (Å²) in [6, 6.07) is 52.7. The van der Waals surface area contributed by atoms with Crippen LogP contribution in [0.1, 0.15) is 44.6 Å². The van der Waals surface area contributed by atoms with Crippen LogP contribution in [0.15, 0.2) is 177 Å². The maximum atomic E-state index is 5.71. The molecule has 14 rings (SSSR count). The van der Waals surface area contributed by atoms with Gasteiger partial charge in [0.05, 0.1) is 52.8 Å². The van der Waals surface area contributed by atoms with Gasteiger partial charge in [-0.25, -0.2) is 14.5 Å². The number of amidine groups is 2.